The van der Waals surface area contributed by atoms with Crippen LogP contribution in [-0.2, 0) is 13.1 Å². The van der Waals surface area contributed by atoms with Gasteiger partial charge in [-0.25, -0.2) is 13.6 Å². The zero-order valence-corrected chi connectivity index (χ0v) is 21.7. The van der Waals surface area contributed by atoms with Gasteiger partial charge in [-0.05, 0) is 64.5 Å². The van der Waals surface area contributed by atoms with Crippen LogP contribution in [0.5, 0.6) is 0 Å². The fourth-order valence-electron chi connectivity index (χ4n) is 6.13. The summed E-state index contributed by atoms with van der Waals surface area (Å²) in [6.45, 7) is 4.50. The van der Waals surface area contributed by atoms with Gasteiger partial charge in [0.2, 0.25) is 0 Å². The number of hydrogen-bond donors (Lipinski definition) is 1. The molecule has 0 unspecified atom stereocenters. The third kappa shape index (κ3) is 5.93. The second kappa shape index (κ2) is 11.1. The van der Waals surface area contributed by atoms with Gasteiger partial charge in [0, 0.05) is 36.7 Å². The number of halogens is 2. The van der Waals surface area contributed by atoms with E-state index in [0.717, 1.165) is 18.4 Å². The van der Waals surface area contributed by atoms with Crippen molar-refractivity contribution in [2.45, 2.75) is 83.6 Å². The van der Waals surface area contributed by atoms with Crippen molar-refractivity contribution in [3.63, 3.8) is 0 Å². The van der Waals surface area contributed by atoms with Crippen molar-refractivity contribution in [2.75, 3.05) is 6.54 Å². The van der Waals surface area contributed by atoms with E-state index >= 15 is 4.39 Å². The Hall–Kier alpha value is -3.05. The molecular formula is C29H36F2N4O2. The number of nitriles is 1. The lowest BCUT2D eigenvalue weighted by Crippen LogP contribution is -2.48. The minimum Gasteiger partial charge on any atom is -0.314 e. The number of aryl methyl sites for hydroxylation is 1. The van der Waals surface area contributed by atoms with Crippen LogP contribution in [0.2, 0.25) is 0 Å². The molecule has 2 aliphatic carbocycles. The van der Waals surface area contributed by atoms with Crippen molar-refractivity contribution < 1.29 is 8.78 Å². The van der Waals surface area contributed by atoms with Gasteiger partial charge >= 0.3 is 5.69 Å². The number of rotatable bonds is 8. The molecular weight excluding hydrogens is 474 g/mol. The van der Waals surface area contributed by atoms with E-state index in [9.17, 15) is 19.2 Å². The zero-order chi connectivity index (χ0) is 26.6. The third-order valence-electron chi connectivity index (χ3n) is 8.18. The average molecular weight is 511 g/mol. The molecule has 1 aromatic heterocycles. The molecule has 4 rings (SSSR count). The smallest absolute Gasteiger partial charge is 0.314 e. The molecule has 0 amide bonds. The van der Waals surface area contributed by atoms with Gasteiger partial charge in [-0.15, -0.1) is 0 Å². The van der Waals surface area contributed by atoms with Crippen LogP contribution in [0, 0.1) is 29.6 Å². The van der Waals surface area contributed by atoms with Gasteiger partial charge in [0.05, 0.1) is 23.9 Å². The van der Waals surface area contributed by atoms with E-state index in [0.29, 0.717) is 44.5 Å². The Morgan fingerprint density at radius 2 is 1.89 bits per heavy atom. The number of alkyl halides is 1. The predicted molar refractivity (Wildman–Crippen MR) is 140 cm³/mol. The first kappa shape index (κ1) is 27.0. The van der Waals surface area contributed by atoms with E-state index in [4.69, 9.17) is 0 Å². The highest BCUT2D eigenvalue weighted by molar-refractivity contribution is 5.18. The largest absolute Gasteiger partial charge is 0.331 e. The molecule has 0 bridgehead atoms. The zero-order valence-electron chi connectivity index (χ0n) is 21.7. The van der Waals surface area contributed by atoms with Crippen molar-refractivity contribution >= 4 is 0 Å². The van der Waals surface area contributed by atoms with Crippen LogP contribution in [0.1, 0.15) is 63.0 Å². The number of nitrogens with one attached hydrogen (secondary N) is 1. The highest BCUT2D eigenvalue weighted by Gasteiger charge is 2.52. The third-order valence-corrected chi connectivity index (χ3v) is 8.18. The number of hydrogen-bond acceptors (Lipinski definition) is 4. The first-order valence-corrected chi connectivity index (χ1v) is 13.2. The van der Waals surface area contributed by atoms with E-state index in [2.05, 4.69) is 11.4 Å². The lowest BCUT2D eigenvalue weighted by molar-refractivity contribution is -0.00311. The Labute approximate surface area is 216 Å². The second-order valence-corrected chi connectivity index (χ2v) is 10.9. The van der Waals surface area contributed by atoms with Crippen LogP contribution in [0.25, 0.3) is 0 Å². The molecule has 0 spiro atoms. The number of nitrogens with zero attached hydrogens (tertiary/aromatic N) is 3. The van der Waals surface area contributed by atoms with Gasteiger partial charge in [-0.1, -0.05) is 36.4 Å². The molecule has 2 aromatic rings. The summed E-state index contributed by atoms with van der Waals surface area (Å²) >= 11 is 0. The van der Waals surface area contributed by atoms with E-state index in [-0.39, 0.29) is 30.1 Å². The second-order valence-electron chi connectivity index (χ2n) is 10.9. The minimum absolute atomic E-state index is 0.187. The van der Waals surface area contributed by atoms with Crippen molar-refractivity contribution in [3.05, 3.63) is 80.4 Å². The first-order chi connectivity index (χ1) is 17.6. The molecule has 37 heavy (non-hydrogen) atoms. The van der Waals surface area contributed by atoms with Gasteiger partial charge in [0.15, 0.2) is 0 Å². The predicted octanol–water partition coefficient (Wildman–Crippen LogP) is 4.79. The molecule has 2 atom stereocenters. The van der Waals surface area contributed by atoms with Crippen LogP contribution in [-0.4, -0.2) is 27.4 Å². The van der Waals surface area contributed by atoms with Crippen molar-refractivity contribution in [1.29, 1.82) is 5.26 Å². The molecule has 1 aromatic carbocycles. The van der Waals surface area contributed by atoms with Gasteiger partial charge in [-0.3, -0.25) is 13.9 Å². The monoisotopic (exact) mass is 510 g/mol. The molecule has 198 valence electrons. The highest BCUT2D eigenvalue weighted by atomic mass is 19.1. The topological polar surface area (TPSA) is 79.8 Å². The molecule has 0 saturated heterocycles. The molecule has 1 heterocycles. The standard InChI is InChI=1S/C29H36F2N4O2/c1-21-18-34(19-22-7-4-3-5-8-22)27(37)35(26(21)36)16-6-15-33-24-11-13-29(20-32,14-12-24)25-10-9-23(30)17-28(25,2)31/h3-5,7-9,18,24-25,33H,6,10-17,19H2,1-2H3/t24?,25-,28+,29?/m1/s1. The van der Waals surface area contributed by atoms with Gasteiger partial charge in [0.25, 0.3) is 5.56 Å². The minimum atomic E-state index is -1.72. The Morgan fingerprint density at radius 1 is 1.19 bits per heavy atom. The van der Waals surface area contributed by atoms with E-state index in [1.807, 2.05) is 30.3 Å². The van der Waals surface area contributed by atoms with E-state index < -0.39 is 22.8 Å². The quantitative estimate of drug-likeness (QED) is 0.518. The van der Waals surface area contributed by atoms with Crippen molar-refractivity contribution in [2.24, 2.45) is 11.3 Å². The van der Waals surface area contributed by atoms with Gasteiger partial charge in [-0.2, -0.15) is 5.26 Å². The van der Waals surface area contributed by atoms with Crippen LogP contribution in [0.3, 0.4) is 0 Å². The van der Waals surface area contributed by atoms with E-state index in [1.54, 1.807) is 17.7 Å². The molecule has 8 heteroatoms. The Balaban J connectivity index is 1.32. The fourth-order valence-corrected chi connectivity index (χ4v) is 6.13. The molecule has 1 N–H and O–H groups in total. The highest BCUT2D eigenvalue weighted by Crippen LogP contribution is 2.52. The Bertz CT molecular complexity index is 1280. The van der Waals surface area contributed by atoms with Crippen LogP contribution < -0.4 is 16.6 Å². The van der Waals surface area contributed by atoms with Gasteiger partial charge < -0.3 is 5.32 Å². The molecule has 6 nitrogen and oxygen atoms in total. The maximum atomic E-state index is 15.3. The average Bonchev–Trinajstić information content (AvgIpc) is 2.87. The fraction of sp³-hybridized carbons (Fsp3) is 0.552. The number of aromatic nitrogens is 2. The first-order valence-electron chi connectivity index (χ1n) is 13.2. The summed E-state index contributed by atoms with van der Waals surface area (Å²) in [5.41, 5.74) is -1.56. The number of allylic oxidation sites excluding steroid dienone is 2. The summed E-state index contributed by atoms with van der Waals surface area (Å²) in [5.74, 6) is -0.930. The van der Waals surface area contributed by atoms with Gasteiger partial charge in [0.1, 0.15) is 5.67 Å². The molecule has 2 aliphatic rings. The summed E-state index contributed by atoms with van der Waals surface area (Å²) in [6.07, 6.45) is 6.29. The Kier molecular flexibility index (Phi) is 8.13. The summed E-state index contributed by atoms with van der Waals surface area (Å²) in [7, 11) is 0. The maximum absolute atomic E-state index is 15.3. The normalized spacial score (nSPS) is 27.9. The summed E-state index contributed by atoms with van der Waals surface area (Å²) in [5, 5.41) is 13.5. The Morgan fingerprint density at radius 3 is 2.54 bits per heavy atom. The molecule has 0 radical (unpaired) electrons. The van der Waals surface area contributed by atoms with Crippen LogP contribution >= 0.6 is 0 Å². The SMILES string of the molecule is Cc1cn(Cc2ccccc2)c(=O)n(CCCNC2CCC(C#N)([C@@H]3CC=C(F)C[C@]3(C)F)CC2)c1=O. The number of benzene rings is 1. The summed E-state index contributed by atoms with van der Waals surface area (Å²) in [6, 6.07) is 12.3. The van der Waals surface area contributed by atoms with Crippen molar-refractivity contribution in [3.8, 4) is 6.07 Å². The summed E-state index contributed by atoms with van der Waals surface area (Å²) in [4.78, 5) is 25.6. The molecule has 1 fully saturated rings. The van der Waals surface area contributed by atoms with E-state index in [1.165, 1.54) is 17.6 Å². The van der Waals surface area contributed by atoms with Crippen molar-refractivity contribution in [1.82, 2.24) is 14.5 Å². The lowest BCUT2D eigenvalue weighted by Gasteiger charge is -2.46. The summed E-state index contributed by atoms with van der Waals surface area (Å²) < 4.78 is 31.8. The van der Waals surface area contributed by atoms with Crippen LogP contribution in [0.4, 0.5) is 8.78 Å². The lowest BCUT2D eigenvalue weighted by atomic mass is 9.58. The maximum Gasteiger partial charge on any atom is 0.331 e. The molecule has 1 saturated carbocycles. The molecule has 0 aliphatic heterocycles. The van der Waals surface area contributed by atoms with Crippen LogP contribution in [0.15, 0.2) is 58.0 Å².